The zero-order chi connectivity index (χ0) is 81.7. The summed E-state index contributed by atoms with van der Waals surface area (Å²) in [4.78, 5) is 16.4. The Morgan fingerprint density at radius 3 is 0.893 bits per heavy atom. The zero-order valence-electron chi connectivity index (χ0n) is 69.6. The fraction of sp³-hybridized carbons (Fsp3) is 0.167. The van der Waals surface area contributed by atoms with Crippen molar-refractivity contribution >= 4 is 228 Å². The molecule has 0 saturated carbocycles. The van der Waals surface area contributed by atoms with Gasteiger partial charge in [0.15, 0.2) is 0 Å². The molecule has 4 aromatic heterocycles. The summed E-state index contributed by atoms with van der Waals surface area (Å²) >= 11 is 11.7. The molecule has 2 aliphatic carbocycles. The molecule has 121 heavy (non-hydrogen) atoms. The number of rotatable bonds is 0. The minimum absolute atomic E-state index is 0.0411. The van der Waals surface area contributed by atoms with Gasteiger partial charge in [-0.3, -0.25) is 0 Å². The Balaban J connectivity index is 0.000000100. The van der Waals surface area contributed by atoms with Crippen molar-refractivity contribution in [2.75, 3.05) is 0 Å². The number of fused-ring (bicyclic) bond motifs is 36. The summed E-state index contributed by atoms with van der Waals surface area (Å²) in [5.74, 6) is 0. The monoisotopic (exact) mass is 1670 g/mol. The first-order valence-corrected chi connectivity index (χ1v) is 47.2. The van der Waals surface area contributed by atoms with Crippen LogP contribution in [-0.4, -0.2) is 20.1 Å². The highest BCUT2D eigenvalue weighted by Crippen LogP contribution is 2.58. The average Bonchev–Trinajstić information content (AvgIpc) is 1.60. The van der Waals surface area contributed by atoms with Gasteiger partial charge in [-0.05, 0) is 167 Å². The second kappa shape index (κ2) is 25.7. The summed E-state index contributed by atoms with van der Waals surface area (Å²) in [5.41, 5.74) is 36.2. The lowest BCUT2D eigenvalue weighted by Gasteiger charge is -2.38. The van der Waals surface area contributed by atoms with Crippen molar-refractivity contribution in [1.29, 1.82) is 0 Å². The fourth-order valence-corrected chi connectivity index (χ4v) is 29.9. The van der Waals surface area contributed by atoms with Crippen molar-refractivity contribution in [2.45, 2.75) is 176 Å². The predicted octanol–water partition coefficient (Wildman–Crippen LogP) is 25.5. The highest BCUT2D eigenvalue weighted by Gasteiger charge is 2.50. The van der Waals surface area contributed by atoms with Crippen LogP contribution in [0.2, 0.25) is 0 Å². The molecule has 0 saturated heterocycles. The van der Waals surface area contributed by atoms with Crippen molar-refractivity contribution in [3.05, 3.63) is 294 Å². The molecule has 0 N–H and O–H groups in total. The molecule has 15 aromatic carbocycles. The van der Waals surface area contributed by atoms with Crippen LogP contribution in [0.3, 0.4) is 0 Å². The van der Waals surface area contributed by atoms with Crippen LogP contribution in [-0.2, 0) is 27.1 Å². The molecule has 0 unspecified atom stereocenters. The summed E-state index contributed by atoms with van der Waals surface area (Å²) in [7, 11) is 0. The molecule has 6 aliphatic heterocycles. The number of hydrogen-bond acceptors (Lipinski definition) is 10. The van der Waals surface area contributed by atoms with Gasteiger partial charge in [0.05, 0.1) is 9.79 Å². The normalized spacial score (nSPS) is 15.4. The van der Waals surface area contributed by atoms with E-state index in [1.54, 1.807) is 0 Å². The molecule has 0 radical (unpaired) electrons. The first kappa shape index (κ1) is 73.5. The number of benzene rings is 15. The summed E-state index contributed by atoms with van der Waals surface area (Å²) in [6, 6.07) is 94.5. The van der Waals surface area contributed by atoms with E-state index < -0.39 is 0 Å². The molecule has 8 aliphatic rings. The number of furan rings is 4. The van der Waals surface area contributed by atoms with Gasteiger partial charge in [0.25, 0.3) is 0 Å². The topological polar surface area (TPSA) is 52.6 Å². The van der Waals surface area contributed by atoms with E-state index in [2.05, 4.69) is 345 Å². The highest BCUT2D eigenvalue weighted by atomic mass is 32.2. The molecular formula is C108H81B3O4S6. The van der Waals surface area contributed by atoms with Crippen LogP contribution in [0.25, 0.3) is 110 Å². The molecule has 582 valence electrons. The summed E-state index contributed by atoms with van der Waals surface area (Å²) < 4.78 is 25.8. The Hall–Kier alpha value is -10.2. The quantitative estimate of drug-likeness (QED) is 0.137. The molecule has 0 fully saturated rings. The largest absolute Gasteiger partial charge is 0.456 e. The maximum atomic E-state index is 6.56. The molecule has 13 heteroatoms. The van der Waals surface area contributed by atoms with Crippen molar-refractivity contribution in [1.82, 2.24) is 0 Å². The highest BCUT2D eigenvalue weighted by molar-refractivity contribution is 8.02. The average molecular weight is 1670 g/mol. The molecule has 19 aromatic rings. The third-order valence-electron chi connectivity index (χ3n) is 27.4. The Labute approximate surface area is 730 Å². The Morgan fingerprint density at radius 1 is 0.248 bits per heavy atom. The standard InChI is InChI=1S/C40H35BS2.2C34H23BO2S2/c1-38(2,3)22-20-31-35-32(21-22)43-37-30(19-17-26-24-13-9-11-15-28(24)40(6,7)34(26)37)41(35)29-18-16-25-23-12-8-10-14-27(23)39(4,5)33(25)36(29)42-31;1-34(2,3)18-16-27-31-28(17-18)39-33-22(13-15-26-30(33)20-9-5-7-11-24(20)37-26)35(31)21-12-14-25-29(32(21)38-27)19-8-4-6-10-23(19)36-25;1-34(2,3)18-16-27-29-28(17-18)39-33-24(15-13-22-20-9-5-7-11-26(20)37-31(22)33)35(29)23-14-12-21-19-8-4-6-10-25(19)36-30(21)32(23)38-27/h8-21H,1-7H3;2*4-17H,1-3H3. The van der Waals surface area contributed by atoms with E-state index in [9.17, 15) is 0 Å². The summed E-state index contributed by atoms with van der Waals surface area (Å²) in [6.07, 6.45) is 0. The van der Waals surface area contributed by atoms with Crippen molar-refractivity contribution < 1.29 is 17.7 Å². The maximum Gasteiger partial charge on any atom is 0.247 e. The van der Waals surface area contributed by atoms with Gasteiger partial charge in [-0.25, -0.2) is 0 Å². The molecule has 0 bridgehead atoms. The molecular weight excluding hydrogens is 1590 g/mol. The SMILES string of the molecule is CC(C)(C)c1cc2c3c(c1)Sc1c(ccc4c1C(C)(C)c1ccccc1-4)B3c1ccc3c(c1S2)C(C)(C)c1ccccc1-3.CC(C)(C)c1cc2c3c(c1)Sc1c(ccc4c1oc1ccccc14)B3c1ccc3c(oc4ccccc43)c1S2.CC(C)(C)c1cc2c3c(c1)Sc1c(ccc4oc5ccccc5c14)B3c1ccc3oc4ccccc4c3c1S2. The van der Waals surface area contributed by atoms with Crippen LogP contribution >= 0.6 is 70.6 Å². The van der Waals surface area contributed by atoms with Crippen LogP contribution in [0.15, 0.2) is 331 Å². The van der Waals surface area contributed by atoms with Gasteiger partial charge in [-0.1, -0.05) is 375 Å². The van der Waals surface area contributed by atoms with E-state index in [1.807, 2.05) is 70.6 Å². The van der Waals surface area contributed by atoms with E-state index in [0.717, 1.165) is 44.7 Å². The summed E-state index contributed by atoms with van der Waals surface area (Å²) in [6.45, 7) is 31.2. The van der Waals surface area contributed by atoms with E-state index in [0.29, 0.717) is 0 Å². The van der Waals surface area contributed by atoms with Crippen LogP contribution < -0.4 is 49.2 Å². The van der Waals surface area contributed by atoms with Gasteiger partial charge >= 0.3 is 0 Å². The Morgan fingerprint density at radius 2 is 0.529 bits per heavy atom. The van der Waals surface area contributed by atoms with E-state index >= 15 is 0 Å². The van der Waals surface area contributed by atoms with Crippen molar-refractivity contribution in [3.8, 4) is 22.3 Å². The molecule has 0 amide bonds. The van der Waals surface area contributed by atoms with Gasteiger partial charge in [0.1, 0.15) is 44.7 Å². The predicted molar refractivity (Wildman–Crippen MR) is 517 cm³/mol. The van der Waals surface area contributed by atoms with E-state index in [1.165, 1.54) is 212 Å². The molecule has 0 spiro atoms. The molecule has 4 nitrogen and oxygen atoms in total. The number of para-hydroxylation sites is 4. The van der Waals surface area contributed by atoms with E-state index in [-0.39, 0.29) is 47.2 Å². The van der Waals surface area contributed by atoms with Gasteiger partial charge < -0.3 is 17.7 Å². The Kier molecular flexibility index (Phi) is 15.6. The third kappa shape index (κ3) is 10.5. The van der Waals surface area contributed by atoms with Crippen LogP contribution in [0.1, 0.15) is 129 Å². The fourth-order valence-electron chi connectivity index (χ4n) is 21.4. The molecule has 0 atom stereocenters. The third-order valence-corrected chi connectivity index (χ3v) is 34.6. The van der Waals surface area contributed by atoms with Crippen LogP contribution in [0, 0.1) is 0 Å². The van der Waals surface area contributed by atoms with Crippen LogP contribution in [0.5, 0.6) is 0 Å². The first-order chi connectivity index (χ1) is 58.4. The second-order valence-electron chi connectivity index (χ2n) is 38.3. The Bertz CT molecular complexity index is 7480. The summed E-state index contributed by atoms with van der Waals surface area (Å²) in [5, 5.41) is 9.57. The first-order valence-electron chi connectivity index (χ1n) is 42.3. The van der Waals surface area contributed by atoms with Crippen molar-refractivity contribution in [2.24, 2.45) is 0 Å². The van der Waals surface area contributed by atoms with Gasteiger partial charge in [-0.2, -0.15) is 0 Å². The van der Waals surface area contributed by atoms with Gasteiger partial charge in [0.2, 0.25) is 20.1 Å². The van der Waals surface area contributed by atoms with Crippen molar-refractivity contribution in [3.63, 3.8) is 0 Å². The molecule has 10 heterocycles. The van der Waals surface area contributed by atoms with Crippen LogP contribution in [0.4, 0.5) is 0 Å². The lowest BCUT2D eigenvalue weighted by Crippen LogP contribution is -2.58. The number of hydrogen-bond donors (Lipinski definition) is 0. The lowest BCUT2D eigenvalue weighted by molar-refractivity contribution is 0.587. The smallest absolute Gasteiger partial charge is 0.247 e. The second-order valence-corrected chi connectivity index (χ2v) is 44.6. The van der Waals surface area contributed by atoms with Gasteiger partial charge in [-0.15, -0.1) is 0 Å². The van der Waals surface area contributed by atoms with Gasteiger partial charge in [0, 0.05) is 103 Å². The molecule has 27 rings (SSSR count). The maximum absolute atomic E-state index is 6.56. The minimum Gasteiger partial charge on any atom is -0.456 e. The zero-order valence-corrected chi connectivity index (χ0v) is 74.5. The minimum atomic E-state index is -0.0416. The lowest BCUT2D eigenvalue weighted by atomic mass is 9.36. The van der Waals surface area contributed by atoms with E-state index in [4.69, 9.17) is 17.7 Å².